The molecule has 0 amide bonds. The average Bonchev–Trinajstić information content (AvgIpc) is 2.30. The molecular weight excluding hydrogens is 172 g/mol. The van der Waals surface area contributed by atoms with E-state index in [1.165, 1.54) is 49.7 Å². The van der Waals surface area contributed by atoms with Crippen LogP contribution in [0.5, 0.6) is 0 Å². The van der Waals surface area contributed by atoms with Gasteiger partial charge in [-0.3, -0.25) is 0 Å². The number of hydrogen-bond donors (Lipinski definition) is 1. The van der Waals surface area contributed by atoms with Crippen LogP contribution in [0, 0.1) is 0 Å². The Morgan fingerprint density at radius 1 is 0.857 bits per heavy atom. The van der Waals surface area contributed by atoms with E-state index in [2.05, 4.69) is 12.2 Å². The van der Waals surface area contributed by atoms with Gasteiger partial charge < -0.3 is 5.11 Å². The van der Waals surface area contributed by atoms with Gasteiger partial charge in [0.2, 0.25) is 0 Å². The van der Waals surface area contributed by atoms with Crippen LogP contribution in [0.25, 0.3) is 0 Å². The van der Waals surface area contributed by atoms with E-state index in [1.54, 1.807) is 0 Å². The van der Waals surface area contributed by atoms with Gasteiger partial charge in [0.05, 0.1) is 6.10 Å². The van der Waals surface area contributed by atoms with Crippen molar-refractivity contribution >= 4 is 0 Å². The molecule has 0 aliphatic heterocycles. The third-order valence-electron chi connectivity index (χ3n) is 3.35. The van der Waals surface area contributed by atoms with Gasteiger partial charge in [0, 0.05) is 0 Å². The molecule has 0 saturated carbocycles. The van der Waals surface area contributed by atoms with Crippen LogP contribution < -0.4 is 0 Å². The molecule has 1 N–H and O–H groups in total. The van der Waals surface area contributed by atoms with Gasteiger partial charge in [-0.2, -0.15) is 0 Å². The smallest absolute Gasteiger partial charge is 0.0961 e. The van der Waals surface area contributed by atoms with Crippen LogP contribution in [0.2, 0.25) is 0 Å². The summed E-state index contributed by atoms with van der Waals surface area (Å²) < 4.78 is 0. The second-order valence-electron chi connectivity index (χ2n) is 4.45. The first-order valence-corrected chi connectivity index (χ1v) is 5.94. The zero-order chi connectivity index (χ0) is 9.80. The Kier molecular flexibility index (Phi) is 3.41. The fourth-order valence-corrected chi connectivity index (χ4v) is 2.46. The molecule has 0 aromatic heterocycles. The Bertz CT molecular complexity index is 224. The number of allylic oxidation sites excluding steroid dienone is 2. The second kappa shape index (κ2) is 4.79. The first-order chi connectivity index (χ1) is 6.88. The Hall–Kier alpha value is -0.560. The summed E-state index contributed by atoms with van der Waals surface area (Å²) in [7, 11) is 0. The lowest BCUT2D eigenvalue weighted by Crippen LogP contribution is -2.16. The van der Waals surface area contributed by atoms with Gasteiger partial charge in [-0.15, -0.1) is 0 Å². The number of aliphatic hydroxyl groups excluding tert-OH is 1. The van der Waals surface area contributed by atoms with Crippen LogP contribution in [0.3, 0.4) is 0 Å². The molecule has 0 heterocycles. The zero-order valence-corrected chi connectivity index (χ0v) is 8.84. The molecule has 0 bridgehead atoms. The Morgan fingerprint density at radius 3 is 1.71 bits per heavy atom. The molecule has 1 heteroatoms. The Morgan fingerprint density at radius 2 is 1.36 bits per heavy atom. The minimum Gasteiger partial charge on any atom is -0.384 e. The van der Waals surface area contributed by atoms with Gasteiger partial charge in [-0.05, 0) is 62.5 Å². The average molecular weight is 192 g/mol. The van der Waals surface area contributed by atoms with E-state index in [9.17, 15) is 5.11 Å². The molecule has 1 nitrogen and oxygen atoms in total. The summed E-state index contributed by atoms with van der Waals surface area (Å²) in [4.78, 5) is 0. The van der Waals surface area contributed by atoms with E-state index < -0.39 is 0 Å². The summed E-state index contributed by atoms with van der Waals surface area (Å²) in [6.07, 6.45) is 13.9. The molecule has 0 aromatic carbocycles. The molecule has 14 heavy (non-hydrogen) atoms. The first-order valence-electron chi connectivity index (χ1n) is 5.94. The van der Waals surface area contributed by atoms with Crippen LogP contribution in [0.1, 0.15) is 51.4 Å². The van der Waals surface area contributed by atoms with Crippen LogP contribution in [-0.4, -0.2) is 11.2 Å². The fourth-order valence-electron chi connectivity index (χ4n) is 2.46. The maximum Gasteiger partial charge on any atom is 0.0961 e. The summed E-state index contributed by atoms with van der Waals surface area (Å²) >= 11 is 0. The van der Waals surface area contributed by atoms with Gasteiger partial charge in [0.15, 0.2) is 0 Å². The standard InChI is InChI=1S/C13H20O/c14-13(11-7-3-1-4-8-11)12-9-5-2-6-10-12/h7,9,13-14H,1-6,8,10H2. The van der Waals surface area contributed by atoms with Gasteiger partial charge in [-0.25, -0.2) is 0 Å². The van der Waals surface area contributed by atoms with Crippen molar-refractivity contribution in [2.45, 2.75) is 57.5 Å². The van der Waals surface area contributed by atoms with Gasteiger partial charge in [0.25, 0.3) is 0 Å². The quantitative estimate of drug-likeness (QED) is 0.665. The van der Waals surface area contributed by atoms with Gasteiger partial charge in [-0.1, -0.05) is 12.2 Å². The van der Waals surface area contributed by atoms with E-state index in [1.807, 2.05) is 0 Å². The molecule has 2 aliphatic carbocycles. The van der Waals surface area contributed by atoms with Crippen LogP contribution in [0.15, 0.2) is 23.3 Å². The molecule has 0 saturated heterocycles. The molecule has 0 radical (unpaired) electrons. The third-order valence-corrected chi connectivity index (χ3v) is 3.35. The van der Waals surface area contributed by atoms with Crippen LogP contribution >= 0.6 is 0 Å². The maximum absolute atomic E-state index is 10.2. The number of aliphatic hydroxyl groups is 1. The van der Waals surface area contributed by atoms with Crippen molar-refractivity contribution in [1.82, 2.24) is 0 Å². The predicted octanol–water partition coefficient (Wildman–Crippen LogP) is 3.35. The van der Waals surface area contributed by atoms with Gasteiger partial charge >= 0.3 is 0 Å². The molecule has 78 valence electrons. The van der Waals surface area contributed by atoms with Crippen molar-refractivity contribution in [1.29, 1.82) is 0 Å². The topological polar surface area (TPSA) is 20.2 Å². The molecular formula is C13H20O. The Balaban J connectivity index is 2.02. The lowest BCUT2D eigenvalue weighted by molar-refractivity contribution is 0.232. The molecule has 0 fully saturated rings. The SMILES string of the molecule is OC(C1=CCCCC1)C1=CCCCC1. The maximum atomic E-state index is 10.2. The molecule has 0 unspecified atom stereocenters. The molecule has 0 spiro atoms. The highest BCUT2D eigenvalue weighted by Gasteiger charge is 2.18. The summed E-state index contributed by atoms with van der Waals surface area (Å²) in [5.41, 5.74) is 2.56. The van der Waals surface area contributed by atoms with Crippen molar-refractivity contribution in [3.8, 4) is 0 Å². The minimum absolute atomic E-state index is 0.240. The van der Waals surface area contributed by atoms with Crippen LogP contribution in [-0.2, 0) is 0 Å². The van der Waals surface area contributed by atoms with E-state index >= 15 is 0 Å². The molecule has 2 aliphatic rings. The highest BCUT2D eigenvalue weighted by molar-refractivity contribution is 5.25. The Labute approximate surface area is 86.5 Å². The zero-order valence-electron chi connectivity index (χ0n) is 8.84. The molecule has 0 aromatic rings. The minimum atomic E-state index is -0.240. The van der Waals surface area contributed by atoms with E-state index in [0.29, 0.717) is 0 Å². The van der Waals surface area contributed by atoms with Crippen molar-refractivity contribution in [2.75, 3.05) is 0 Å². The van der Waals surface area contributed by atoms with E-state index in [0.717, 1.165) is 12.8 Å². The number of rotatable bonds is 2. The molecule has 2 rings (SSSR count). The lowest BCUT2D eigenvalue weighted by Gasteiger charge is -2.23. The second-order valence-corrected chi connectivity index (χ2v) is 4.45. The summed E-state index contributed by atoms with van der Waals surface area (Å²) in [5, 5.41) is 10.2. The summed E-state index contributed by atoms with van der Waals surface area (Å²) in [6, 6.07) is 0. The summed E-state index contributed by atoms with van der Waals surface area (Å²) in [6.45, 7) is 0. The van der Waals surface area contributed by atoms with Crippen molar-refractivity contribution in [2.24, 2.45) is 0 Å². The van der Waals surface area contributed by atoms with Crippen molar-refractivity contribution in [3.63, 3.8) is 0 Å². The van der Waals surface area contributed by atoms with Crippen molar-refractivity contribution < 1.29 is 5.11 Å². The van der Waals surface area contributed by atoms with E-state index in [4.69, 9.17) is 0 Å². The monoisotopic (exact) mass is 192 g/mol. The predicted molar refractivity (Wildman–Crippen MR) is 59.1 cm³/mol. The highest BCUT2D eigenvalue weighted by Crippen LogP contribution is 2.28. The normalized spacial score (nSPS) is 23.3. The van der Waals surface area contributed by atoms with Crippen molar-refractivity contribution in [3.05, 3.63) is 23.3 Å². The lowest BCUT2D eigenvalue weighted by atomic mass is 9.87. The van der Waals surface area contributed by atoms with E-state index in [-0.39, 0.29) is 6.10 Å². The first kappa shape index (κ1) is 9.97. The number of hydrogen-bond acceptors (Lipinski definition) is 1. The third kappa shape index (κ3) is 2.27. The fraction of sp³-hybridized carbons (Fsp3) is 0.692. The van der Waals surface area contributed by atoms with Crippen LogP contribution in [0.4, 0.5) is 0 Å². The highest BCUT2D eigenvalue weighted by atomic mass is 16.3. The molecule has 0 atom stereocenters. The summed E-state index contributed by atoms with van der Waals surface area (Å²) in [5.74, 6) is 0. The van der Waals surface area contributed by atoms with Gasteiger partial charge in [0.1, 0.15) is 0 Å². The largest absolute Gasteiger partial charge is 0.384 e.